The highest BCUT2D eigenvalue weighted by Gasteiger charge is 2.29. The second kappa shape index (κ2) is 7.20. The van der Waals surface area contributed by atoms with Gasteiger partial charge in [-0.2, -0.15) is 4.31 Å². The van der Waals surface area contributed by atoms with Crippen LogP contribution in [0.3, 0.4) is 0 Å². The summed E-state index contributed by atoms with van der Waals surface area (Å²) in [6.45, 7) is 5.52. The van der Waals surface area contributed by atoms with Gasteiger partial charge in [-0.05, 0) is 38.6 Å². The number of hydrogen-bond acceptors (Lipinski definition) is 5. The molecule has 21 heavy (non-hydrogen) atoms. The molecule has 0 aromatic carbocycles. The van der Waals surface area contributed by atoms with Crippen LogP contribution in [0.4, 0.5) is 5.69 Å². The number of sulfonamides is 1. The summed E-state index contributed by atoms with van der Waals surface area (Å²) in [4.78, 5) is 6.28. The van der Waals surface area contributed by atoms with E-state index in [-0.39, 0.29) is 5.03 Å². The van der Waals surface area contributed by atoms with Gasteiger partial charge < -0.3 is 10.2 Å². The molecule has 7 heteroatoms. The molecule has 0 spiro atoms. The molecule has 6 nitrogen and oxygen atoms in total. The van der Waals surface area contributed by atoms with Gasteiger partial charge in [0.25, 0.3) is 10.0 Å². The zero-order chi connectivity index (χ0) is 15.3. The summed E-state index contributed by atoms with van der Waals surface area (Å²) in [5.41, 5.74) is 0.594. The third-order valence-corrected chi connectivity index (χ3v) is 5.46. The number of anilines is 1. The highest BCUT2D eigenvalue weighted by atomic mass is 32.2. The van der Waals surface area contributed by atoms with E-state index in [1.807, 2.05) is 14.0 Å². The molecule has 1 N–H and O–H groups in total. The van der Waals surface area contributed by atoms with Gasteiger partial charge in [0.1, 0.15) is 0 Å². The molecule has 1 aliphatic heterocycles. The van der Waals surface area contributed by atoms with Crippen LogP contribution in [0.5, 0.6) is 0 Å². The number of likely N-dealkylation sites (N-methyl/N-ethyl adjacent to an activating group) is 1. The lowest BCUT2D eigenvalue weighted by molar-refractivity contribution is 0.347. The van der Waals surface area contributed by atoms with Gasteiger partial charge in [0.2, 0.25) is 0 Å². The van der Waals surface area contributed by atoms with E-state index < -0.39 is 10.0 Å². The maximum absolute atomic E-state index is 12.8. The SMILES string of the molecule is CCCNc1cccnc1S(=O)(=O)N1CCCN(C)CC1. The Morgan fingerprint density at radius 1 is 1.29 bits per heavy atom. The van der Waals surface area contributed by atoms with Crippen LogP contribution >= 0.6 is 0 Å². The standard InChI is InChI=1S/C14H24N4O2S/c1-3-7-15-13-6-4-8-16-14(13)21(19,20)18-10-5-9-17(2)11-12-18/h4,6,8,15H,3,5,7,9-12H2,1-2H3. The molecule has 0 atom stereocenters. The van der Waals surface area contributed by atoms with Crippen LogP contribution in [0.25, 0.3) is 0 Å². The zero-order valence-corrected chi connectivity index (χ0v) is 13.6. The summed E-state index contributed by atoms with van der Waals surface area (Å²) < 4.78 is 27.2. The first-order chi connectivity index (χ1) is 10.1. The molecule has 0 saturated carbocycles. The second-order valence-electron chi connectivity index (χ2n) is 5.34. The molecule has 0 amide bonds. The van der Waals surface area contributed by atoms with Crippen molar-refractivity contribution in [3.05, 3.63) is 18.3 Å². The summed E-state index contributed by atoms with van der Waals surface area (Å²) in [7, 11) is -1.52. The van der Waals surface area contributed by atoms with Crippen LogP contribution in [-0.2, 0) is 10.0 Å². The van der Waals surface area contributed by atoms with Crippen LogP contribution in [0, 0.1) is 0 Å². The minimum atomic E-state index is -3.54. The average molecular weight is 312 g/mol. The van der Waals surface area contributed by atoms with E-state index in [2.05, 4.69) is 15.2 Å². The van der Waals surface area contributed by atoms with Crippen molar-refractivity contribution in [3.8, 4) is 0 Å². The Hall–Kier alpha value is -1.18. The molecule has 1 aromatic rings. The van der Waals surface area contributed by atoms with Crippen LogP contribution < -0.4 is 5.32 Å². The Morgan fingerprint density at radius 2 is 2.10 bits per heavy atom. The maximum atomic E-state index is 12.8. The van der Waals surface area contributed by atoms with Crippen molar-refractivity contribution in [1.82, 2.24) is 14.2 Å². The molecular formula is C14H24N4O2S. The lowest BCUT2D eigenvalue weighted by Crippen LogP contribution is -2.35. The Balaban J connectivity index is 2.26. The molecule has 0 radical (unpaired) electrons. The number of hydrogen-bond donors (Lipinski definition) is 1. The average Bonchev–Trinajstić information content (AvgIpc) is 2.70. The Bertz CT molecular complexity index is 562. The Labute approximate surface area is 127 Å². The van der Waals surface area contributed by atoms with Crippen molar-refractivity contribution >= 4 is 15.7 Å². The number of aromatic nitrogens is 1. The molecule has 1 fully saturated rings. The molecular weight excluding hydrogens is 288 g/mol. The third kappa shape index (κ3) is 3.93. The quantitative estimate of drug-likeness (QED) is 0.886. The zero-order valence-electron chi connectivity index (χ0n) is 12.7. The van der Waals surface area contributed by atoms with E-state index in [9.17, 15) is 8.42 Å². The van der Waals surface area contributed by atoms with Crippen LogP contribution in [0.1, 0.15) is 19.8 Å². The summed E-state index contributed by atoms with van der Waals surface area (Å²) in [6, 6.07) is 3.53. The van der Waals surface area contributed by atoms with E-state index in [1.165, 1.54) is 6.20 Å². The van der Waals surface area contributed by atoms with E-state index >= 15 is 0 Å². The minimum Gasteiger partial charge on any atom is -0.383 e. The Kier molecular flexibility index (Phi) is 5.55. The van der Waals surface area contributed by atoms with Gasteiger partial charge in [-0.3, -0.25) is 0 Å². The highest BCUT2D eigenvalue weighted by Crippen LogP contribution is 2.23. The van der Waals surface area contributed by atoms with Crippen molar-refractivity contribution < 1.29 is 8.42 Å². The minimum absolute atomic E-state index is 0.142. The van der Waals surface area contributed by atoms with E-state index in [0.29, 0.717) is 18.8 Å². The van der Waals surface area contributed by atoms with Gasteiger partial charge in [0.15, 0.2) is 5.03 Å². The van der Waals surface area contributed by atoms with Crippen molar-refractivity contribution in [2.45, 2.75) is 24.8 Å². The van der Waals surface area contributed by atoms with Crippen molar-refractivity contribution in [1.29, 1.82) is 0 Å². The fourth-order valence-electron chi connectivity index (χ4n) is 2.38. The topological polar surface area (TPSA) is 65.5 Å². The van der Waals surface area contributed by atoms with Crippen molar-refractivity contribution in [2.24, 2.45) is 0 Å². The lowest BCUT2D eigenvalue weighted by atomic mass is 10.4. The summed E-state index contributed by atoms with van der Waals surface area (Å²) in [5.74, 6) is 0. The van der Waals surface area contributed by atoms with Gasteiger partial charge in [-0.25, -0.2) is 13.4 Å². The van der Waals surface area contributed by atoms with Crippen LogP contribution in [0.15, 0.2) is 23.4 Å². The molecule has 0 unspecified atom stereocenters. The van der Waals surface area contributed by atoms with Gasteiger partial charge in [-0.15, -0.1) is 0 Å². The number of nitrogens with zero attached hydrogens (tertiary/aromatic N) is 3. The van der Waals surface area contributed by atoms with E-state index in [0.717, 1.165) is 32.5 Å². The second-order valence-corrected chi connectivity index (χ2v) is 7.20. The molecule has 1 saturated heterocycles. The Morgan fingerprint density at radius 3 is 2.86 bits per heavy atom. The van der Waals surface area contributed by atoms with Gasteiger partial charge in [0, 0.05) is 32.4 Å². The molecule has 0 bridgehead atoms. The molecule has 1 aromatic heterocycles. The normalized spacial score (nSPS) is 18.4. The van der Waals surface area contributed by atoms with Gasteiger partial charge in [-0.1, -0.05) is 6.92 Å². The first kappa shape index (κ1) is 16.2. The largest absolute Gasteiger partial charge is 0.383 e. The number of rotatable bonds is 5. The van der Waals surface area contributed by atoms with Crippen LogP contribution in [-0.4, -0.2) is 62.4 Å². The van der Waals surface area contributed by atoms with E-state index in [4.69, 9.17) is 0 Å². The fourth-order valence-corrected chi connectivity index (χ4v) is 3.92. The number of pyridine rings is 1. The monoisotopic (exact) mass is 312 g/mol. The van der Waals surface area contributed by atoms with E-state index in [1.54, 1.807) is 16.4 Å². The first-order valence-electron chi connectivity index (χ1n) is 7.43. The predicted molar refractivity (Wildman–Crippen MR) is 83.9 cm³/mol. The first-order valence-corrected chi connectivity index (χ1v) is 8.87. The molecule has 2 heterocycles. The lowest BCUT2D eigenvalue weighted by Gasteiger charge is -2.21. The summed E-state index contributed by atoms with van der Waals surface area (Å²) >= 11 is 0. The van der Waals surface area contributed by atoms with Crippen LogP contribution in [0.2, 0.25) is 0 Å². The molecule has 1 aliphatic rings. The molecule has 0 aliphatic carbocycles. The third-order valence-electron chi connectivity index (χ3n) is 3.60. The van der Waals surface area contributed by atoms with Gasteiger partial charge in [0.05, 0.1) is 5.69 Å². The highest BCUT2D eigenvalue weighted by molar-refractivity contribution is 7.89. The predicted octanol–water partition coefficient (Wildman–Crippen LogP) is 1.23. The molecule has 118 valence electrons. The summed E-state index contributed by atoms with van der Waals surface area (Å²) in [5, 5.41) is 3.30. The van der Waals surface area contributed by atoms with Crippen molar-refractivity contribution in [3.63, 3.8) is 0 Å². The maximum Gasteiger partial charge on any atom is 0.262 e. The fraction of sp³-hybridized carbons (Fsp3) is 0.643. The van der Waals surface area contributed by atoms with Gasteiger partial charge >= 0.3 is 0 Å². The smallest absolute Gasteiger partial charge is 0.262 e. The van der Waals surface area contributed by atoms with Crippen molar-refractivity contribution in [2.75, 3.05) is 45.1 Å². The summed E-state index contributed by atoms with van der Waals surface area (Å²) in [6.07, 6.45) is 3.32. The number of nitrogens with one attached hydrogen (secondary N) is 1. The molecule has 2 rings (SSSR count).